The van der Waals surface area contributed by atoms with Crippen molar-refractivity contribution in [2.45, 2.75) is 25.8 Å². The molecular weight excluding hydrogens is 469 g/mol. The molecule has 0 unspecified atom stereocenters. The Morgan fingerprint density at radius 1 is 1.06 bits per heavy atom. The van der Waals surface area contributed by atoms with Crippen molar-refractivity contribution in [1.82, 2.24) is 10.0 Å². The number of hydrogen-bond acceptors (Lipinski definition) is 5. The Balaban J connectivity index is 1.58. The van der Waals surface area contributed by atoms with Crippen LogP contribution in [-0.2, 0) is 16.1 Å². The van der Waals surface area contributed by atoms with Gasteiger partial charge in [0, 0.05) is 11.1 Å². The predicted molar refractivity (Wildman–Crippen MR) is 119 cm³/mol. The van der Waals surface area contributed by atoms with E-state index in [2.05, 4.69) is 0 Å². The SMILES string of the molecule is O=C(c1ccccc1Cl)N(Cc1ccc(Cl)cc1[N+](=O)[O-])N1C(=O)[C@@H]2[C@H]3CC[C@@H](C3)[C@H]2C1=O. The average Bonchev–Trinajstić information content (AvgIpc) is 3.47. The number of nitro benzene ring substituents is 1. The molecule has 2 aromatic rings. The number of halogens is 2. The number of amides is 3. The summed E-state index contributed by atoms with van der Waals surface area (Å²) in [7, 11) is 0. The number of benzene rings is 2. The van der Waals surface area contributed by atoms with E-state index < -0.39 is 34.5 Å². The number of carbonyl (C=O) groups is 3. The van der Waals surface area contributed by atoms with Gasteiger partial charge in [0.1, 0.15) is 0 Å². The minimum Gasteiger partial charge on any atom is -0.272 e. The van der Waals surface area contributed by atoms with Crippen LogP contribution in [0.4, 0.5) is 5.69 Å². The molecular formula is C23H19Cl2N3O5. The first kappa shape index (κ1) is 21.9. The van der Waals surface area contributed by atoms with E-state index in [9.17, 15) is 24.5 Å². The molecule has 0 aromatic heterocycles. The van der Waals surface area contributed by atoms with Crippen LogP contribution < -0.4 is 0 Å². The van der Waals surface area contributed by atoms with Gasteiger partial charge in [0.15, 0.2) is 0 Å². The number of fused-ring (bicyclic) bond motifs is 5. The number of hydrogen-bond donors (Lipinski definition) is 0. The quantitative estimate of drug-likeness (QED) is 0.351. The molecule has 10 heteroatoms. The van der Waals surface area contributed by atoms with E-state index >= 15 is 0 Å². The zero-order valence-corrected chi connectivity index (χ0v) is 18.8. The summed E-state index contributed by atoms with van der Waals surface area (Å²) in [4.78, 5) is 51.5. The van der Waals surface area contributed by atoms with E-state index in [0.717, 1.165) is 29.3 Å². The number of hydrazine groups is 1. The standard InChI is InChI=1S/C23H19Cl2N3O5/c24-15-8-7-14(18(10-15)28(32)33)11-26(21(29)16-3-1-2-4-17(16)25)27-22(30)19-12-5-6-13(9-12)20(19)23(27)31/h1-4,7-8,10,12-13,19-20H,5-6,9,11H2/t12-,13-,19+,20+/m0/s1. The molecule has 3 fully saturated rings. The first-order valence-corrected chi connectivity index (χ1v) is 11.4. The summed E-state index contributed by atoms with van der Waals surface area (Å²) in [5.74, 6) is -2.16. The van der Waals surface area contributed by atoms with Gasteiger partial charge in [-0.05, 0) is 55.4 Å². The molecule has 2 bridgehead atoms. The van der Waals surface area contributed by atoms with E-state index in [1.54, 1.807) is 12.1 Å². The first-order valence-electron chi connectivity index (χ1n) is 10.6. The van der Waals surface area contributed by atoms with Crippen LogP contribution in [0.5, 0.6) is 0 Å². The van der Waals surface area contributed by atoms with Gasteiger partial charge in [-0.15, -0.1) is 0 Å². The Hall–Kier alpha value is -2.97. The Kier molecular flexibility index (Phi) is 5.37. The lowest BCUT2D eigenvalue weighted by Gasteiger charge is -2.31. The lowest BCUT2D eigenvalue weighted by molar-refractivity contribution is -0.385. The highest BCUT2D eigenvalue weighted by atomic mass is 35.5. The molecule has 5 rings (SSSR count). The Bertz CT molecular complexity index is 1170. The van der Waals surface area contributed by atoms with Crippen molar-refractivity contribution in [3.63, 3.8) is 0 Å². The summed E-state index contributed by atoms with van der Waals surface area (Å²) < 4.78 is 0. The topological polar surface area (TPSA) is 101 Å². The number of nitro groups is 1. The first-order chi connectivity index (χ1) is 15.8. The zero-order chi connectivity index (χ0) is 23.4. The third-order valence-electron chi connectivity index (χ3n) is 7.05. The van der Waals surface area contributed by atoms with Crippen LogP contribution in [-0.4, -0.2) is 32.7 Å². The fraction of sp³-hybridized carbons (Fsp3) is 0.348. The molecule has 33 heavy (non-hydrogen) atoms. The van der Waals surface area contributed by atoms with Crippen LogP contribution in [0.1, 0.15) is 35.2 Å². The fourth-order valence-corrected chi connectivity index (χ4v) is 6.02. The van der Waals surface area contributed by atoms with E-state index in [-0.39, 0.29) is 45.2 Å². The van der Waals surface area contributed by atoms with Crippen LogP contribution in [0.2, 0.25) is 10.0 Å². The van der Waals surface area contributed by atoms with Crippen LogP contribution >= 0.6 is 23.2 Å². The van der Waals surface area contributed by atoms with Crippen LogP contribution in [0.15, 0.2) is 42.5 Å². The van der Waals surface area contributed by atoms with E-state index in [1.807, 2.05) is 0 Å². The molecule has 1 saturated heterocycles. The van der Waals surface area contributed by atoms with Gasteiger partial charge in [0.2, 0.25) is 0 Å². The third-order valence-corrected chi connectivity index (χ3v) is 7.61. The lowest BCUT2D eigenvalue weighted by atomic mass is 9.81. The Labute approximate surface area is 199 Å². The number of imide groups is 1. The molecule has 3 amide bonds. The van der Waals surface area contributed by atoms with E-state index in [0.29, 0.717) is 0 Å². The van der Waals surface area contributed by atoms with E-state index in [4.69, 9.17) is 23.2 Å². The van der Waals surface area contributed by atoms with Crippen molar-refractivity contribution in [3.8, 4) is 0 Å². The second-order valence-electron chi connectivity index (χ2n) is 8.75. The Morgan fingerprint density at radius 3 is 2.30 bits per heavy atom. The molecule has 1 heterocycles. The molecule has 0 spiro atoms. The minimum atomic E-state index is -0.682. The monoisotopic (exact) mass is 487 g/mol. The number of nitrogens with zero attached hydrogens (tertiary/aromatic N) is 3. The average molecular weight is 488 g/mol. The van der Waals surface area contributed by atoms with Crippen LogP contribution in [0, 0.1) is 33.8 Å². The summed E-state index contributed by atoms with van der Waals surface area (Å²) in [5.41, 5.74) is -0.0688. The summed E-state index contributed by atoms with van der Waals surface area (Å²) in [6, 6.07) is 10.3. The molecule has 2 aliphatic carbocycles. The maximum atomic E-state index is 13.6. The smallest absolute Gasteiger partial charge is 0.272 e. The van der Waals surface area contributed by atoms with Crippen molar-refractivity contribution in [1.29, 1.82) is 0 Å². The van der Waals surface area contributed by atoms with Crippen molar-refractivity contribution >= 4 is 46.6 Å². The molecule has 2 saturated carbocycles. The number of rotatable bonds is 5. The van der Waals surface area contributed by atoms with Crippen molar-refractivity contribution in [3.05, 3.63) is 73.8 Å². The van der Waals surface area contributed by atoms with Crippen LogP contribution in [0.25, 0.3) is 0 Å². The van der Waals surface area contributed by atoms with Crippen molar-refractivity contribution in [2.75, 3.05) is 0 Å². The Morgan fingerprint density at radius 2 is 1.70 bits per heavy atom. The highest BCUT2D eigenvalue weighted by Crippen LogP contribution is 2.56. The molecule has 4 atom stereocenters. The third kappa shape index (κ3) is 3.48. The van der Waals surface area contributed by atoms with Crippen LogP contribution in [0.3, 0.4) is 0 Å². The summed E-state index contributed by atoms with van der Waals surface area (Å²) in [6.45, 7) is -0.357. The largest absolute Gasteiger partial charge is 0.275 e. The number of carbonyl (C=O) groups excluding carboxylic acids is 3. The maximum Gasteiger partial charge on any atom is 0.275 e. The second-order valence-corrected chi connectivity index (χ2v) is 9.59. The van der Waals surface area contributed by atoms with Gasteiger partial charge in [-0.25, -0.2) is 5.01 Å². The highest BCUT2D eigenvalue weighted by Gasteiger charge is 2.62. The maximum absolute atomic E-state index is 13.6. The van der Waals surface area contributed by atoms with Gasteiger partial charge in [0.05, 0.1) is 39.5 Å². The van der Waals surface area contributed by atoms with Gasteiger partial charge in [0.25, 0.3) is 23.4 Å². The van der Waals surface area contributed by atoms with Gasteiger partial charge in [-0.1, -0.05) is 35.3 Å². The molecule has 8 nitrogen and oxygen atoms in total. The molecule has 0 radical (unpaired) electrons. The zero-order valence-electron chi connectivity index (χ0n) is 17.3. The predicted octanol–water partition coefficient (Wildman–Crippen LogP) is 4.49. The highest BCUT2D eigenvalue weighted by molar-refractivity contribution is 6.34. The molecule has 3 aliphatic rings. The fourth-order valence-electron chi connectivity index (χ4n) is 5.64. The van der Waals surface area contributed by atoms with E-state index in [1.165, 1.54) is 30.3 Å². The summed E-state index contributed by atoms with van der Waals surface area (Å²) in [5, 5.41) is 13.8. The normalized spacial score (nSPS) is 25.5. The van der Waals surface area contributed by atoms with Gasteiger partial charge in [-0.2, -0.15) is 5.01 Å². The molecule has 1 aliphatic heterocycles. The second kappa shape index (κ2) is 8.11. The van der Waals surface area contributed by atoms with Gasteiger partial charge < -0.3 is 0 Å². The van der Waals surface area contributed by atoms with Crippen molar-refractivity contribution in [2.24, 2.45) is 23.7 Å². The molecule has 170 valence electrons. The van der Waals surface area contributed by atoms with Gasteiger partial charge in [-0.3, -0.25) is 24.5 Å². The minimum absolute atomic E-state index is 0.0939. The molecule has 2 aromatic carbocycles. The summed E-state index contributed by atoms with van der Waals surface area (Å²) >= 11 is 12.2. The lowest BCUT2D eigenvalue weighted by Crippen LogP contribution is -2.50. The summed E-state index contributed by atoms with van der Waals surface area (Å²) in [6.07, 6.45) is 2.63. The molecule has 0 N–H and O–H groups in total. The van der Waals surface area contributed by atoms with Gasteiger partial charge >= 0.3 is 0 Å². The van der Waals surface area contributed by atoms with Crippen molar-refractivity contribution < 1.29 is 19.3 Å².